The molecule has 0 aliphatic carbocycles. The molecule has 9 nitrogen and oxygen atoms in total. The van der Waals surface area contributed by atoms with Crippen molar-refractivity contribution in [2.75, 3.05) is 49.8 Å². The van der Waals surface area contributed by atoms with E-state index in [0.717, 1.165) is 24.3 Å². The van der Waals surface area contributed by atoms with Gasteiger partial charge in [0.05, 0.1) is 19.4 Å². The standard InChI is InChI=1S/C25H32FN7O2/c1-5-34-24-29-22(27)21-23(30-24)33(25(2,31-21)18-13-19(26)15-28-14-18)16-17-7-9-20(10-8-17)35-12-6-11-32(3)4/h7-10,13-15,31H,5-6,11-12,16H2,1-4H3,(H2,27,29,30). The van der Waals surface area contributed by atoms with Crippen molar-refractivity contribution < 1.29 is 13.9 Å². The van der Waals surface area contributed by atoms with Crippen molar-refractivity contribution in [3.63, 3.8) is 0 Å². The van der Waals surface area contributed by atoms with Crippen LogP contribution in [0.15, 0.2) is 42.7 Å². The monoisotopic (exact) mass is 481 g/mol. The highest BCUT2D eigenvalue weighted by molar-refractivity contribution is 5.83. The van der Waals surface area contributed by atoms with Crippen molar-refractivity contribution in [2.45, 2.75) is 32.5 Å². The number of nitrogens with zero attached hydrogens (tertiary/aromatic N) is 5. The second-order valence-corrected chi connectivity index (χ2v) is 8.85. The Morgan fingerprint density at radius 2 is 1.91 bits per heavy atom. The lowest BCUT2D eigenvalue weighted by Crippen LogP contribution is -2.45. The van der Waals surface area contributed by atoms with E-state index in [1.54, 1.807) is 6.20 Å². The number of hydrogen-bond acceptors (Lipinski definition) is 9. The van der Waals surface area contributed by atoms with Crippen LogP contribution in [0.25, 0.3) is 0 Å². The van der Waals surface area contributed by atoms with Gasteiger partial charge in [0.15, 0.2) is 11.6 Å². The van der Waals surface area contributed by atoms with Gasteiger partial charge in [0.1, 0.15) is 22.9 Å². The lowest BCUT2D eigenvalue weighted by molar-refractivity contribution is 0.281. The summed E-state index contributed by atoms with van der Waals surface area (Å²) in [4.78, 5) is 17.1. The molecule has 186 valence electrons. The highest BCUT2D eigenvalue weighted by Gasteiger charge is 2.44. The molecule has 3 N–H and O–H groups in total. The van der Waals surface area contributed by atoms with Crippen LogP contribution in [0.1, 0.15) is 31.4 Å². The number of aromatic nitrogens is 3. The third-order valence-electron chi connectivity index (χ3n) is 5.88. The molecule has 3 heterocycles. The predicted octanol–water partition coefficient (Wildman–Crippen LogP) is 3.63. The average Bonchev–Trinajstić information content (AvgIpc) is 3.11. The quantitative estimate of drug-likeness (QED) is 0.420. The van der Waals surface area contributed by atoms with E-state index >= 15 is 0 Å². The number of rotatable bonds is 10. The lowest BCUT2D eigenvalue weighted by Gasteiger charge is -2.36. The summed E-state index contributed by atoms with van der Waals surface area (Å²) in [5, 5.41) is 3.40. The summed E-state index contributed by atoms with van der Waals surface area (Å²) < 4.78 is 25.5. The Balaban J connectivity index is 1.62. The molecular weight excluding hydrogens is 449 g/mol. The number of halogens is 1. The fourth-order valence-corrected chi connectivity index (χ4v) is 4.06. The summed E-state index contributed by atoms with van der Waals surface area (Å²) >= 11 is 0. The number of benzene rings is 1. The zero-order chi connectivity index (χ0) is 25.0. The Labute approximate surface area is 205 Å². The van der Waals surface area contributed by atoms with Crippen LogP contribution in [0.4, 0.5) is 21.7 Å². The maximum Gasteiger partial charge on any atom is 0.320 e. The highest BCUT2D eigenvalue weighted by atomic mass is 19.1. The number of pyridine rings is 1. The Morgan fingerprint density at radius 3 is 2.60 bits per heavy atom. The first-order chi connectivity index (χ1) is 16.8. The number of nitrogens with two attached hydrogens (primary N) is 1. The number of nitrogens with one attached hydrogen (secondary N) is 1. The largest absolute Gasteiger partial charge is 0.494 e. The smallest absolute Gasteiger partial charge is 0.320 e. The Bertz CT molecular complexity index is 1160. The maximum absolute atomic E-state index is 14.1. The fraction of sp³-hybridized carbons (Fsp3) is 0.400. The first kappa shape index (κ1) is 24.5. The van der Waals surface area contributed by atoms with Gasteiger partial charge in [-0.05, 0) is 58.1 Å². The summed E-state index contributed by atoms with van der Waals surface area (Å²) in [5.41, 5.74) is 7.61. The summed E-state index contributed by atoms with van der Waals surface area (Å²) in [6.45, 7) is 6.30. The molecule has 1 aliphatic rings. The Kier molecular flexibility index (Phi) is 7.20. The van der Waals surface area contributed by atoms with Gasteiger partial charge in [-0.1, -0.05) is 12.1 Å². The van der Waals surface area contributed by atoms with E-state index < -0.39 is 11.5 Å². The molecule has 10 heteroatoms. The van der Waals surface area contributed by atoms with Gasteiger partial charge in [-0.2, -0.15) is 9.97 Å². The maximum atomic E-state index is 14.1. The van der Waals surface area contributed by atoms with E-state index in [-0.39, 0.29) is 11.8 Å². The summed E-state index contributed by atoms with van der Waals surface area (Å²) in [7, 11) is 4.09. The van der Waals surface area contributed by atoms with Gasteiger partial charge in [0.25, 0.3) is 0 Å². The molecule has 1 aliphatic heterocycles. The van der Waals surface area contributed by atoms with Gasteiger partial charge in [0.2, 0.25) is 0 Å². The molecule has 0 amide bonds. The van der Waals surface area contributed by atoms with Gasteiger partial charge in [-0.3, -0.25) is 4.98 Å². The molecule has 35 heavy (non-hydrogen) atoms. The second-order valence-electron chi connectivity index (χ2n) is 8.85. The van der Waals surface area contributed by atoms with Gasteiger partial charge < -0.3 is 30.3 Å². The van der Waals surface area contributed by atoms with Crippen LogP contribution < -0.4 is 25.4 Å². The topological polar surface area (TPSA) is 102 Å². The van der Waals surface area contributed by atoms with Crippen LogP contribution in [0, 0.1) is 5.82 Å². The predicted molar refractivity (Wildman–Crippen MR) is 134 cm³/mol. The van der Waals surface area contributed by atoms with Crippen LogP contribution in [0.2, 0.25) is 0 Å². The minimum absolute atomic E-state index is 0.193. The van der Waals surface area contributed by atoms with Gasteiger partial charge in [-0.25, -0.2) is 4.39 Å². The van der Waals surface area contributed by atoms with Crippen molar-refractivity contribution in [1.82, 2.24) is 19.9 Å². The number of hydrogen-bond donors (Lipinski definition) is 2. The van der Waals surface area contributed by atoms with Crippen LogP contribution >= 0.6 is 0 Å². The van der Waals surface area contributed by atoms with Crippen molar-refractivity contribution in [3.05, 3.63) is 59.7 Å². The summed E-state index contributed by atoms with van der Waals surface area (Å²) in [5.74, 6) is 1.23. The Morgan fingerprint density at radius 1 is 1.14 bits per heavy atom. The van der Waals surface area contributed by atoms with Crippen molar-refractivity contribution in [3.8, 4) is 11.8 Å². The SMILES string of the molecule is CCOc1nc(N)c2c(n1)N(Cc1ccc(OCCCN(C)C)cc1)C(C)(c1cncc(F)c1)N2. The summed E-state index contributed by atoms with van der Waals surface area (Å²) in [6.07, 6.45) is 3.76. The van der Waals surface area contributed by atoms with Crippen LogP contribution in [0.5, 0.6) is 11.8 Å². The molecule has 0 fully saturated rings. The first-order valence-electron chi connectivity index (χ1n) is 11.6. The zero-order valence-corrected chi connectivity index (χ0v) is 20.6. The van der Waals surface area contributed by atoms with Crippen molar-refractivity contribution in [1.29, 1.82) is 0 Å². The minimum atomic E-state index is -0.869. The van der Waals surface area contributed by atoms with Gasteiger partial charge in [-0.15, -0.1) is 0 Å². The molecule has 1 aromatic carbocycles. The molecule has 0 saturated carbocycles. The minimum Gasteiger partial charge on any atom is -0.494 e. The zero-order valence-electron chi connectivity index (χ0n) is 20.6. The van der Waals surface area contributed by atoms with E-state index in [0.29, 0.717) is 36.8 Å². The second kappa shape index (κ2) is 10.3. The van der Waals surface area contributed by atoms with E-state index in [1.165, 1.54) is 12.3 Å². The van der Waals surface area contributed by atoms with Gasteiger partial charge >= 0.3 is 6.01 Å². The normalized spacial score (nSPS) is 16.8. The summed E-state index contributed by atoms with van der Waals surface area (Å²) in [6, 6.07) is 9.58. The molecule has 2 aromatic heterocycles. The number of ether oxygens (including phenoxy) is 2. The average molecular weight is 482 g/mol. The highest BCUT2D eigenvalue weighted by Crippen LogP contribution is 2.47. The molecule has 1 atom stereocenters. The third kappa shape index (κ3) is 5.37. The van der Waals surface area contributed by atoms with Crippen LogP contribution in [0.3, 0.4) is 0 Å². The molecule has 3 aromatic rings. The Hall–Kier alpha value is -3.66. The van der Waals surface area contributed by atoms with E-state index in [2.05, 4.69) is 25.2 Å². The number of fused-ring (bicyclic) bond motifs is 1. The molecule has 1 unspecified atom stereocenters. The van der Waals surface area contributed by atoms with Crippen LogP contribution in [-0.2, 0) is 12.2 Å². The molecule has 0 radical (unpaired) electrons. The lowest BCUT2D eigenvalue weighted by atomic mass is 10.0. The molecule has 0 spiro atoms. The van der Waals surface area contributed by atoms with Crippen molar-refractivity contribution in [2.24, 2.45) is 0 Å². The molecule has 0 saturated heterocycles. The van der Waals surface area contributed by atoms with E-state index in [9.17, 15) is 4.39 Å². The molecule has 4 rings (SSSR count). The van der Waals surface area contributed by atoms with E-state index in [4.69, 9.17) is 15.2 Å². The van der Waals surface area contributed by atoms with Crippen LogP contribution in [-0.4, -0.2) is 53.7 Å². The number of nitrogen functional groups attached to an aromatic ring is 1. The van der Waals surface area contributed by atoms with Gasteiger partial charge in [0, 0.05) is 24.8 Å². The first-order valence-corrected chi connectivity index (χ1v) is 11.6. The third-order valence-corrected chi connectivity index (χ3v) is 5.88. The van der Waals surface area contributed by atoms with E-state index in [1.807, 2.05) is 57.1 Å². The van der Waals surface area contributed by atoms with Crippen molar-refractivity contribution >= 4 is 17.3 Å². The fourth-order valence-electron chi connectivity index (χ4n) is 4.06. The molecule has 0 bridgehead atoms. The number of anilines is 3. The molecular formula is C25H32FN7O2.